The fourth-order valence-corrected chi connectivity index (χ4v) is 2.88. The van der Waals surface area contributed by atoms with E-state index in [1.54, 1.807) is 18.4 Å². The van der Waals surface area contributed by atoms with Crippen LogP contribution in [-0.4, -0.2) is 42.8 Å². The molecule has 0 saturated carbocycles. The van der Waals surface area contributed by atoms with E-state index in [-0.39, 0.29) is 5.41 Å². The predicted molar refractivity (Wildman–Crippen MR) is 108 cm³/mol. The average molecular weight is 384 g/mol. The zero-order valence-electron chi connectivity index (χ0n) is 17.0. The Bertz CT molecular complexity index is 599. The van der Waals surface area contributed by atoms with E-state index in [4.69, 9.17) is 4.74 Å². The average Bonchev–Trinajstić information content (AvgIpc) is 2.97. The smallest absolute Gasteiger partial charge is 0.407 e. The second-order valence-corrected chi connectivity index (χ2v) is 8.95. The van der Waals surface area contributed by atoms with Gasteiger partial charge in [-0.05, 0) is 27.2 Å². The summed E-state index contributed by atoms with van der Waals surface area (Å²) in [5, 5.41) is 12.4. The molecule has 7 nitrogen and oxygen atoms in total. The van der Waals surface area contributed by atoms with E-state index in [0.717, 1.165) is 23.1 Å². The van der Waals surface area contributed by atoms with E-state index in [1.165, 1.54) is 0 Å². The zero-order valence-corrected chi connectivity index (χ0v) is 17.8. The van der Waals surface area contributed by atoms with Gasteiger partial charge in [0.05, 0.1) is 12.2 Å². The van der Waals surface area contributed by atoms with Gasteiger partial charge in [0.15, 0.2) is 5.96 Å². The molecular formula is C18H33N5O2S. The maximum atomic E-state index is 11.5. The van der Waals surface area contributed by atoms with Gasteiger partial charge in [0, 0.05) is 30.9 Å². The van der Waals surface area contributed by atoms with Gasteiger partial charge in [0.25, 0.3) is 0 Å². The minimum absolute atomic E-state index is 0.0653. The van der Waals surface area contributed by atoms with Gasteiger partial charge in [-0.3, -0.25) is 4.99 Å². The first-order valence-corrected chi connectivity index (χ1v) is 9.75. The Balaban J connectivity index is 2.25. The summed E-state index contributed by atoms with van der Waals surface area (Å²) in [5.74, 6) is 0.717. The molecule has 0 aliphatic carbocycles. The van der Waals surface area contributed by atoms with Gasteiger partial charge >= 0.3 is 6.09 Å². The third-order valence-corrected chi connectivity index (χ3v) is 4.11. The number of guanidine groups is 1. The predicted octanol–water partition coefficient (Wildman–Crippen LogP) is 3.02. The van der Waals surface area contributed by atoms with Crippen LogP contribution in [0.3, 0.4) is 0 Å². The lowest BCUT2D eigenvalue weighted by Gasteiger charge is -2.19. The molecule has 0 aromatic carbocycles. The molecule has 1 rings (SSSR count). The summed E-state index contributed by atoms with van der Waals surface area (Å²) in [5.41, 5.74) is 0.697. The number of carbonyl (C=O) groups is 1. The number of alkyl carbamates (subject to hydrolysis) is 1. The van der Waals surface area contributed by atoms with Crippen molar-refractivity contribution in [2.45, 2.75) is 65.5 Å². The van der Waals surface area contributed by atoms with Gasteiger partial charge in [-0.2, -0.15) is 0 Å². The molecule has 0 spiro atoms. The standard InChI is InChI=1S/C18H33N5O2S/c1-17(2,3)13-12-26-14(23-13)11-22-15(19-7)20-9-8-10-21-16(24)25-18(4,5)6/h12H,8-11H2,1-7H3,(H,21,24)(H2,19,20,22). The molecule has 148 valence electrons. The van der Waals surface area contributed by atoms with Crippen molar-refractivity contribution in [1.82, 2.24) is 20.9 Å². The lowest BCUT2D eigenvalue weighted by molar-refractivity contribution is 0.0527. The number of nitrogens with zero attached hydrogens (tertiary/aromatic N) is 2. The van der Waals surface area contributed by atoms with Crippen LogP contribution in [0, 0.1) is 0 Å². The molecule has 0 fully saturated rings. The molecule has 1 aromatic rings. The SMILES string of the molecule is CN=C(NCCCNC(=O)OC(C)(C)C)NCc1nc(C(C)(C)C)cs1. The fourth-order valence-electron chi connectivity index (χ4n) is 1.92. The number of rotatable bonds is 6. The molecule has 0 saturated heterocycles. The Labute approximate surface area is 161 Å². The van der Waals surface area contributed by atoms with E-state index in [2.05, 4.69) is 52.1 Å². The number of hydrogen-bond donors (Lipinski definition) is 3. The number of carbonyl (C=O) groups excluding carboxylic acids is 1. The first kappa shape index (κ1) is 22.2. The Morgan fingerprint density at radius 1 is 1.15 bits per heavy atom. The molecule has 1 heterocycles. The van der Waals surface area contributed by atoms with Crippen molar-refractivity contribution in [3.05, 3.63) is 16.1 Å². The summed E-state index contributed by atoms with van der Waals surface area (Å²) in [6, 6.07) is 0. The van der Waals surface area contributed by atoms with Gasteiger partial charge in [-0.15, -0.1) is 11.3 Å². The van der Waals surface area contributed by atoms with Crippen LogP contribution in [0.4, 0.5) is 4.79 Å². The molecule has 1 amide bonds. The van der Waals surface area contributed by atoms with Crippen LogP contribution in [-0.2, 0) is 16.7 Å². The van der Waals surface area contributed by atoms with Gasteiger partial charge in [-0.25, -0.2) is 9.78 Å². The molecule has 0 aliphatic rings. The van der Waals surface area contributed by atoms with E-state index in [0.29, 0.717) is 19.6 Å². The maximum Gasteiger partial charge on any atom is 0.407 e. The minimum Gasteiger partial charge on any atom is -0.444 e. The Morgan fingerprint density at radius 2 is 1.81 bits per heavy atom. The van der Waals surface area contributed by atoms with Gasteiger partial charge in [0.2, 0.25) is 0 Å². The number of hydrogen-bond acceptors (Lipinski definition) is 5. The van der Waals surface area contributed by atoms with E-state index >= 15 is 0 Å². The summed E-state index contributed by atoms with van der Waals surface area (Å²) < 4.78 is 5.19. The quantitative estimate of drug-likeness (QED) is 0.399. The fraction of sp³-hybridized carbons (Fsp3) is 0.722. The number of nitrogens with one attached hydrogen (secondary N) is 3. The second kappa shape index (κ2) is 9.75. The number of amides is 1. The largest absolute Gasteiger partial charge is 0.444 e. The van der Waals surface area contributed by atoms with E-state index < -0.39 is 11.7 Å². The zero-order chi connectivity index (χ0) is 19.8. The first-order valence-electron chi connectivity index (χ1n) is 8.87. The molecule has 26 heavy (non-hydrogen) atoms. The highest BCUT2D eigenvalue weighted by atomic mass is 32.1. The first-order chi connectivity index (χ1) is 12.0. The van der Waals surface area contributed by atoms with Crippen LogP contribution in [0.15, 0.2) is 10.4 Å². The van der Waals surface area contributed by atoms with Crippen molar-refractivity contribution in [2.75, 3.05) is 20.1 Å². The normalized spacial score (nSPS) is 12.7. The van der Waals surface area contributed by atoms with Crippen molar-refractivity contribution in [3.8, 4) is 0 Å². The van der Waals surface area contributed by atoms with Crippen LogP contribution in [0.2, 0.25) is 0 Å². The lowest BCUT2D eigenvalue weighted by atomic mass is 9.93. The molecule has 0 aliphatic heterocycles. The summed E-state index contributed by atoms with van der Waals surface area (Å²) in [7, 11) is 1.73. The summed E-state index contributed by atoms with van der Waals surface area (Å²) in [6.07, 6.45) is 0.379. The van der Waals surface area contributed by atoms with Crippen molar-refractivity contribution in [2.24, 2.45) is 4.99 Å². The van der Waals surface area contributed by atoms with E-state index in [1.807, 2.05) is 20.8 Å². The van der Waals surface area contributed by atoms with Crippen LogP contribution < -0.4 is 16.0 Å². The number of ether oxygens (including phenoxy) is 1. The Morgan fingerprint density at radius 3 is 2.35 bits per heavy atom. The molecular weight excluding hydrogens is 350 g/mol. The highest BCUT2D eigenvalue weighted by Gasteiger charge is 2.17. The second-order valence-electron chi connectivity index (χ2n) is 8.01. The van der Waals surface area contributed by atoms with Crippen LogP contribution in [0.1, 0.15) is 58.7 Å². The van der Waals surface area contributed by atoms with Gasteiger partial charge in [-0.1, -0.05) is 20.8 Å². The van der Waals surface area contributed by atoms with Crippen LogP contribution in [0.25, 0.3) is 0 Å². The molecule has 0 unspecified atom stereocenters. The molecule has 0 bridgehead atoms. The minimum atomic E-state index is -0.475. The van der Waals surface area contributed by atoms with Crippen molar-refractivity contribution in [1.29, 1.82) is 0 Å². The molecule has 3 N–H and O–H groups in total. The van der Waals surface area contributed by atoms with Crippen molar-refractivity contribution in [3.63, 3.8) is 0 Å². The Hall–Kier alpha value is -1.83. The van der Waals surface area contributed by atoms with E-state index in [9.17, 15) is 4.79 Å². The van der Waals surface area contributed by atoms with Crippen LogP contribution in [0.5, 0.6) is 0 Å². The molecule has 1 aromatic heterocycles. The summed E-state index contributed by atoms with van der Waals surface area (Å²) in [4.78, 5) is 20.4. The highest BCUT2D eigenvalue weighted by molar-refractivity contribution is 7.09. The molecule has 0 atom stereocenters. The number of aliphatic imine (C=N–C) groups is 1. The van der Waals surface area contributed by atoms with Crippen molar-refractivity contribution < 1.29 is 9.53 Å². The van der Waals surface area contributed by atoms with Gasteiger partial charge < -0.3 is 20.7 Å². The molecule has 0 radical (unpaired) electrons. The molecule has 8 heteroatoms. The lowest BCUT2D eigenvalue weighted by Crippen LogP contribution is -2.39. The third kappa shape index (κ3) is 9.03. The third-order valence-electron chi connectivity index (χ3n) is 3.27. The van der Waals surface area contributed by atoms with Gasteiger partial charge in [0.1, 0.15) is 10.6 Å². The number of thiazole rings is 1. The highest BCUT2D eigenvalue weighted by Crippen LogP contribution is 2.23. The van der Waals surface area contributed by atoms with Crippen LogP contribution >= 0.6 is 11.3 Å². The van der Waals surface area contributed by atoms with Crippen molar-refractivity contribution >= 4 is 23.4 Å². The number of aromatic nitrogens is 1. The Kier molecular flexibility index (Phi) is 8.33. The summed E-state index contributed by atoms with van der Waals surface area (Å²) in [6.45, 7) is 13.9. The maximum absolute atomic E-state index is 11.5. The topological polar surface area (TPSA) is 87.6 Å². The monoisotopic (exact) mass is 383 g/mol. The summed E-state index contributed by atoms with van der Waals surface area (Å²) >= 11 is 1.65.